The van der Waals surface area contributed by atoms with Crippen molar-refractivity contribution in [3.8, 4) is 0 Å². The fourth-order valence-electron chi connectivity index (χ4n) is 4.47. The van der Waals surface area contributed by atoms with Crippen molar-refractivity contribution in [2.45, 2.75) is 82.1 Å². The maximum absolute atomic E-state index is 12.6. The molecule has 5 unspecified atom stereocenters. The van der Waals surface area contributed by atoms with E-state index < -0.39 is 55.2 Å². The van der Waals surface area contributed by atoms with Gasteiger partial charge in [0.05, 0.1) is 18.3 Å². The van der Waals surface area contributed by atoms with E-state index in [1.54, 1.807) is 37.3 Å². The molecule has 0 bridgehead atoms. The number of carbonyl (C=O) groups is 2. The van der Waals surface area contributed by atoms with E-state index in [2.05, 4.69) is 0 Å². The van der Waals surface area contributed by atoms with Crippen LogP contribution in [0, 0.1) is 5.92 Å². The van der Waals surface area contributed by atoms with Crippen LogP contribution in [0.25, 0.3) is 0 Å². The van der Waals surface area contributed by atoms with Crippen LogP contribution in [0.15, 0.2) is 30.3 Å². The lowest BCUT2D eigenvalue weighted by atomic mass is 9.85. The Kier molecular flexibility index (Phi) is 8.43. The summed E-state index contributed by atoms with van der Waals surface area (Å²) in [5.74, 6) is -1.50. The monoisotopic (exact) mass is 436 g/mol. The summed E-state index contributed by atoms with van der Waals surface area (Å²) in [6.07, 6.45) is -0.812. The lowest BCUT2D eigenvalue weighted by molar-refractivity contribution is -0.248. The lowest BCUT2D eigenvalue weighted by Crippen LogP contribution is -2.61. The molecule has 8 heteroatoms. The van der Waals surface area contributed by atoms with E-state index in [-0.39, 0.29) is 5.92 Å². The standard InChI is InChI=1S/C23H32O8/c1-14-20(31-23(28)16-10-6-3-7-11-16)21(19(25)18(13-24)29-14)30-17(22(26)27)12-15-8-4-2-5-9-15/h3,6-7,10-11,14-15,17-21,24-25H,2,4-5,8-9,12-13H2,1H3,(H,26,27)/t14?,17-,18?,19?,20?,21?/m0/s1. The third-order valence-corrected chi connectivity index (χ3v) is 6.19. The number of hydrogen-bond acceptors (Lipinski definition) is 7. The molecule has 1 aromatic carbocycles. The second-order valence-corrected chi connectivity index (χ2v) is 8.46. The molecule has 2 aliphatic rings. The molecule has 3 rings (SSSR count). The van der Waals surface area contributed by atoms with Gasteiger partial charge in [-0.15, -0.1) is 0 Å². The van der Waals surface area contributed by atoms with E-state index in [9.17, 15) is 24.9 Å². The predicted octanol–water partition coefficient (Wildman–Crippen LogP) is 2.16. The molecule has 1 aliphatic carbocycles. The Morgan fingerprint density at radius 3 is 2.42 bits per heavy atom. The molecule has 0 radical (unpaired) electrons. The van der Waals surface area contributed by atoms with E-state index in [1.807, 2.05) is 0 Å². The molecule has 1 aliphatic heterocycles. The van der Waals surface area contributed by atoms with Gasteiger partial charge in [-0.25, -0.2) is 9.59 Å². The molecule has 1 heterocycles. The van der Waals surface area contributed by atoms with Gasteiger partial charge < -0.3 is 29.5 Å². The Morgan fingerprint density at radius 2 is 1.81 bits per heavy atom. The molecule has 31 heavy (non-hydrogen) atoms. The van der Waals surface area contributed by atoms with Gasteiger partial charge in [0.25, 0.3) is 0 Å². The van der Waals surface area contributed by atoms with E-state index >= 15 is 0 Å². The topological polar surface area (TPSA) is 123 Å². The number of aliphatic hydroxyl groups excluding tert-OH is 2. The van der Waals surface area contributed by atoms with Crippen molar-refractivity contribution in [2.24, 2.45) is 5.92 Å². The van der Waals surface area contributed by atoms with Crippen LogP contribution in [-0.2, 0) is 19.0 Å². The van der Waals surface area contributed by atoms with Gasteiger partial charge in [-0.3, -0.25) is 0 Å². The minimum Gasteiger partial charge on any atom is -0.479 e. The SMILES string of the molecule is CC1OC(CO)C(O)C(O[C@@H](CC2CCCCC2)C(=O)O)C1OC(=O)c1ccccc1. The van der Waals surface area contributed by atoms with Crippen molar-refractivity contribution in [3.63, 3.8) is 0 Å². The Bertz CT molecular complexity index is 718. The van der Waals surface area contributed by atoms with Gasteiger partial charge >= 0.3 is 11.9 Å². The molecule has 1 saturated heterocycles. The molecule has 1 aromatic rings. The number of carboxylic acids is 1. The van der Waals surface area contributed by atoms with E-state index in [0.29, 0.717) is 12.0 Å². The van der Waals surface area contributed by atoms with Gasteiger partial charge in [-0.2, -0.15) is 0 Å². The second-order valence-electron chi connectivity index (χ2n) is 8.46. The molecule has 3 N–H and O–H groups in total. The number of hydrogen-bond donors (Lipinski definition) is 3. The average Bonchev–Trinajstić information content (AvgIpc) is 2.78. The second kappa shape index (κ2) is 11.0. The molecule has 6 atom stereocenters. The number of carbonyl (C=O) groups excluding carboxylic acids is 1. The van der Waals surface area contributed by atoms with Crippen LogP contribution in [0.5, 0.6) is 0 Å². The van der Waals surface area contributed by atoms with Crippen LogP contribution >= 0.6 is 0 Å². The molecule has 8 nitrogen and oxygen atoms in total. The van der Waals surface area contributed by atoms with E-state index in [4.69, 9.17) is 14.2 Å². The highest BCUT2D eigenvalue weighted by Gasteiger charge is 2.48. The van der Waals surface area contributed by atoms with Crippen LogP contribution in [0.2, 0.25) is 0 Å². The van der Waals surface area contributed by atoms with Crippen LogP contribution in [0.4, 0.5) is 0 Å². The summed E-state index contributed by atoms with van der Waals surface area (Å²) < 4.78 is 17.1. The first kappa shape index (κ1) is 23.7. The van der Waals surface area contributed by atoms with Crippen molar-refractivity contribution >= 4 is 11.9 Å². The summed E-state index contributed by atoms with van der Waals surface area (Å²) in [6, 6.07) is 8.37. The molecule has 0 amide bonds. The number of aliphatic hydroxyl groups is 2. The molecule has 2 fully saturated rings. The Labute approximate surface area is 182 Å². The Morgan fingerprint density at radius 1 is 1.13 bits per heavy atom. The van der Waals surface area contributed by atoms with Crippen molar-refractivity contribution in [3.05, 3.63) is 35.9 Å². The van der Waals surface area contributed by atoms with Gasteiger partial charge in [0, 0.05) is 0 Å². The van der Waals surface area contributed by atoms with Crippen LogP contribution < -0.4 is 0 Å². The zero-order chi connectivity index (χ0) is 22.4. The maximum Gasteiger partial charge on any atom is 0.338 e. The third-order valence-electron chi connectivity index (χ3n) is 6.19. The van der Waals surface area contributed by atoms with Crippen LogP contribution in [0.3, 0.4) is 0 Å². The number of carboxylic acid groups (broad SMARTS) is 1. The van der Waals surface area contributed by atoms with Gasteiger partial charge in [0.2, 0.25) is 0 Å². The molecule has 1 saturated carbocycles. The summed E-state index contributed by atoms with van der Waals surface area (Å²) in [7, 11) is 0. The highest BCUT2D eigenvalue weighted by atomic mass is 16.6. The van der Waals surface area contributed by atoms with Crippen molar-refractivity contribution in [2.75, 3.05) is 6.61 Å². The van der Waals surface area contributed by atoms with Gasteiger partial charge in [-0.05, 0) is 31.4 Å². The lowest BCUT2D eigenvalue weighted by Gasteiger charge is -2.43. The normalized spacial score (nSPS) is 30.5. The number of esters is 1. The number of ether oxygens (including phenoxy) is 3. The number of aliphatic carboxylic acids is 1. The van der Waals surface area contributed by atoms with Crippen molar-refractivity contribution < 1.29 is 39.1 Å². The van der Waals surface area contributed by atoms with Crippen LogP contribution in [0.1, 0.15) is 55.8 Å². The minimum absolute atomic E-state index is 0.239. The summed E-state index contributed by atoms with van der Waals surface area (Å²) in [6.45, 7) is 1.18. The summed E-state index contributed by atoms with van der Waals surface area (Å²) >= 11 is 0. The summed E-state index contributed by atoms with van der Waals surface area (Å²) in [5, 5.41) is 30.1. The molecule has 0 aromatic heterocycles. The third kappa shape index (κ3) is 6.04. The molecule has 0 spiro atoms. The van der Waals surface area contributed by atoms with Gasteiger partial charge in [0.15, 0.2) is 12.2 Å². The highest BCUT2D eigenvalue weighted by Crippen LogP contribution is 2.32. The minimum atomic E-state index is -1.34. The zero-order valence-electron chi connectivity index (χ0n) is 17.8. The van der Waals surface area contributed by atoms with Gasteiger partial charge in [0.1, 0.15) is 18.3 Å². The largest absolute Gasteiger partial charge is 0.479 e. The highest BCUT2D eigenvalue weighted by molar-refractivity contribution is 5.89. The summed E-state index contributed by atoms with van der Waals surface area (Å²) in [4.78, 5) is 24.6. The van der Waals surface area contributed by atoms with Gasteiger partial charge in [-0.1, -0.05) is 50.3 Å². The molecular formula is C23H32O8. The Hall–Kier alpha value is -2.00. The first-order valence-corrected chi connectivity index (χ1v) is 11.0. The fraction of sp³-hybridized carbons (Fsp3) is 0.652. The molecule has 172 valence electrons. The quantitative estimate of drug-likeness (QED) is 0.530. The first-order chi connectivity index (χ1) is 14.9. The predicted molar refractivity (Wildman–Crippen MR) is 111 cm³/mol. The summed E-state index contributed by atoms with van der Waals surface area (Å²) in [5.41, 5.74) is 0.323. The maximum atomic E-state index is 12.6. The zero-order valence-corrected chi connectivity index (χ0v) is 17.8. The van der Waals surface area contributed by atoms with Crippen molar-refractivity contribution in [1.29, 1.82) is 0 Å². The van der Waals surface area contributed by atoms with Crippen LogP contribution in [-0.4, -0.2) is 70.5 Å². The smallest absolute Gasteiger partial charge is 0.338 e. The number of rotatable bonds is 8. The molecular weight excluding hydrogens is 404 g/mol. The first-order valence-electron chi connectivity index (χ1n) is 11.0. The van der Waals surface area contributed by atoms with E-state index in [0.717, 1.165) is 32.1 Å². The average molecular weight is 437 g/mol. The van der Waals surface area contributed by atoms with E-state index in [1.165, 1.54) is 0 Å². The van der Waals surface area contributed by atoms with Crippen molar-refractivity contribution in [1.82, 2.24) is 0 Å². The fourth-order valence-corrected chi connectivity index (χ4v) is 4.47. The number of benzene rings is 1. The Balaban J connectivity index is 1.78.